The van der Waals surface area contributed by atoms with Gasteiger partial charge in [-0.25, -0.2) is 0 Å². The summed E-state index contributed by atoms with van der Waals surface area (Å²) in [6.07, 6.45) is 3.42. The molecule has 0 saturated heterocycles. The maximum absolute atomic E-state index is 11.9. The fraction of sp³-hybridized carbons (Fsp3) is 0.933. The first-order valence-electron chi connectivity index (χ1n) is 7.50. The number of carbonyl (C=O) groups excluding carboxylic acids is 1. The Kier molecular flexibility index (Phi) is 6.27. The van der Waals surface area contributed by atoms with Crippen LogP contribution in [-0.2, 0) is 9.53 Å². The Labute approximate surface area is 117 Å². The lowest BCUT2D eigenvalue weighted by Crippen LogP contribution is -2.52. The molecule has 1 N–H and O–H groups in total. The van der Waals surface area contributed by atoms with Crippen molar-refractivity contribution in [3.63, 3.8) is 0 Å². The topological polar surface area (TPSA) is 41.6 Å². The van der Waals surface area contributed by atoms with Crippen molar-refractivity contribution < 1.29 is 9.53 Å². The standard InChI is InChI=1S/C15H30N2O2/c1-6-16-15(4,14(18)19-5)9-10-17(11-12(2)3)13-7-8-13/h12-13,16H,6-11H2,1-5H3. The number of carbonyl (C=O) groups is 1. The monoisotopic (exact) mass is 270 g/mol. The van der Waals surface area contributed by atoms with Gasteiger partial charge in [0, 0.05) is 19.1 Å². The smallest absolute Gasteiger partial charge is 0.325 e. The van der Waals surface area contributed by atoms with Gasteiger partial charge in [-0.1, -0.05) is 20.8 Å². The molecule has 4 heteroatoms. The fourth-order valence-corrected chi connectivity index (χ4v) is 2.58. The predicted octanol–water partition coefficient (Wildman–Crippen LogP) is 2.04. The van der Waals surface area contributed by atoms with Crippen molar-refractivity contribution in [2.75, 3.05) is 26.7 Å². The van der Waals surface area contributed by atoms with Crippen molar-refractivity contribution in [3.8, 4) is 0 Å². The first kappa shape index (κ1) is 16.4. The van der Waals surface area contributed by atoms with Crippen LogP contribution in [0.15, 0.2) is 0 Å². The summed E-state index contributed by atoms with van der Waals surface area (Å²) in [5.74, 6) is 0.513. The molecule has 0 amide bonds. The summed E-state index contributed by atoms with van der Waals surface area (Å²) >= 11 is 0. The molecule has 0 bridgehead atoms. The maximum Gasteiger partial charge on any atom is 0.325 e. The van der Waals surface area contributed by atoms with Gasteiger partial charge in [-0.2, -0.15) is 0 Å². The lowest BCUT2D eigenvalue weighted by molar-refractivity contribution is -0.148. The van der Waals surface area contributed by atoms with E-state index < -0.39 is 5.54 Å². The molecule has 1 fully saturated rings. The average Bonchev–Trinajstić information content (AvgIpc) is 3.17. The Bertz CT molecular complexity index is 290. The van der Waals surface area contributed by atoms with E-state index in [4.69, 9.17) is 4.74 Å². The molecular weight excluding hydrogens is 240 g/mol. The second-order valence-electron chi connectivity index (χ2n) is 6.22. The highest BCUT2D eigenvalue weighted by atomic mass is 16.5. The summed E-state index contributed by atoms with van der Waals surface area (Å²) in [5.41, 5.74) is -0.562. The van der Waals surface area contributed by atoms with E-state index in [1.807, 2.05) is 13.8 Å². The zero-order chi connectivity index (χ0) is 14.5. The number of nitrogens with zero attached hydrogens (tertiary/aromatic N) is 1. The third-order valence-corrected chi connectivity index (χ3v) is 3.76. The molecule has 1 aliphatic carbocycles. The molecule has 112 valence electrons. The van der Waals surface area contributed by atoms with E-state index >= 15 is 0 Å². The summed E-state index contributed by atoms with van der Waals surface area (Å²) in [6.45, 7) is 11.3. The molecular formula is C15H30N2O2. The largest absolute Gasteiger partial charge is 0.468 e. The lowest BCUT2D eigenvalue weighted by Gasteiger charge is -2.31. The van der Waals surface area contributed by atoms with Crippen LogP contribution in [-0.4, -0.2) is 49.2 Å². The highest BCUT2D eigenvalue weighted by molar-refractivity contribution is 5.80. The van der Waals surface area contributed by atoms with Crippen LogP contribution in [0.4, 0.5) is 0 Å². The lowest BCUT2D eigenvalue weighted by atomic mass is 9.97. The number of hydrogen-bond donors (Lipinski definition) is 1. The van der Waals surface area contributed by atoms with E-state index in [2.05, 4.69) is 24.1 Å². The van der Waals surface area contributed by atoms with Gasteiger partial charge in [-0.15, -0.1) is 0 Å². The Morgan fingerprint density at radius 2 is 2.11 bits per heavy atom. The highest BCUT2D eigenvalue weighted by Gasteiger charge is 2.36. The molecule has 1 atom stereocenters. The summed E-state index contributed by atoms with van der Waals surface area (Å²) in [5, 5.41) is 3.28. The number of rotatable bonds is 9. The van der Waals surface area contributed by atoms with Gasteiger partial charge in [0.15, 0.2) is 0 Å². The number of methoxy groups -OCH3 is 1. The number of likely N-dealkylation sites (N-methyl/N-ethyl adjacent to an activating group) is 1. The van der Waals surface area contributed by atoms with E-state index in [-0.39, 0.29) is 5.97 Å². The number of esters is 1. The number of ether oxygens (including phenoxy) is 1. The Hall–Kier alpha value is -0.610. The van der Waals surface area contributed by atoms with Crippen LogP contribution >= 0.6 is 0 Å². The molecule has 0 aromatic heterocycles. The predicted molar refractivity (Wildman–Crippen MR) is 78.1 cm³/mol. The molecule has 1 unspecified atom stereocenters. The van der Waals surface area contributed by atoms with Crippen molar-refractivity contribution in [2.45, 2.75) is 58.5 Å². The summed E-state index contributed by atoms with van der Waals surface area (Å²) < 4.78 is 4.94. The summed E-state index contributed by atoms with van der Waals surface area (Å²) in [7, 11) is 1.46. The third kappa shape index (κ3) is 5.11. The average molecular weight is 270 g/mol. The molecule has 4 nitrogen and oxygen atoms in total. The molecule has 0 aromatic rings. The van der Waals surface area contributed by atoms with Crippen LogP contribution in [0.5, 0.6) is 0 Å². The van der Waals surface area contributed by atoms with Gasteiger partial charge in [0.05, 0.1) is 7.11 Å². The van der Waals surface area contributed by atoms with E-state index in [0.29, 0.717) is 5.92 Å². The summed E-state index contributed by atoms with van der Waals surface area (Å²) in [6, 6.07) is 0.742. The molecule has 0 aromatic carbocycles. The Balaban J connectivity index is 2.55. The second kappa shape index (κ2) is 7.25. The molecule has 0 radical (unpaired) electrons. The van der Waals surface area contributed by atoms with Crippen LogP contribution in [0.25, 0.3) is 0 Å². The zero-order valence-electron chi connectivity index (χ0n) is 13.2. The van der Waals surface area contributed by atoms with Crippen molar-refractivity contribution >= 4 is 5.97 Å². The van der Waals surface area contributed by atoms with Crippen molar-refractivity contribution in [2.24, 2.45) is 5.92 Å². The van der Waals surface area contributed by atoms with Gasteiger partial charge in [0.1, 0.15) is 5.54 Å². The van der Waals surface area contributed by atoms with Gasteiger partial charge in [-0.3, -0.25) is 4.79 Å². The minimum atomic E-state index is -0.562. The highest BCUT2D eigenvalue weighted by Crippen LogP contribution is 2.28. The van der Waals surface area contributed by atoms with Crippen LogP contribution in [0, 0.1) is 5.92 Å². The van der Waals surface area contributed by atoms with E-state index in [9.17, 15) is 4.79 Å². The van der Waals surface area contributed by atoms with E-state index in [0.717, 1.165) is 32.1 Å². The van der Waals surface area contributed by atoms with Crippen molar-refractivity contribution in [1.29, 1.82) is 0 Å². The second-order valence-corrected chi connectivity index (χ2v) is 6.22. The molecule has 19 heavy (non-hydrogen) atoms. The SMILES string of the molecule is CCNC(C)(CCN(CC(C)C)C1CC1)C(=O)OC. The Morgan fingerprint density at radius 3 is 2.53 bits per heavy atom. The van der Waals surface area contributed by atoms with Crippen LogP contribution in [0.2, 0.25) is 0 Å². The fourth-order valence-electron chi connectivity index (χ4n) is 2.58. The summed E-state index contributed by atoms with van der Waals surface area (Å²) in [4.78, 5) is 14.5. The quantitative estimate of drug-likeness (QED) is 0.651. The zero-order valence-corrected chi connectivity index (χ0v) is 13.2. The van der Waals surface area contributed by atoms with Crippen LogP contribution in [0.3, 0.4) is 0 Å². The van der Waals surface area contributed by atoms with Crippen molar-refractivity contribution in [3.05, 3.63) is 0 Å². The molecule has 1 rings (SSSR count). The van der Waals surface area contributed by atoms with Gasteiger partial charge in [-0.05, 0) is 38.6 Å². The van der Waals surface area contributed by atoms with Crippen LogP contribution in [0.1, 0.15) is 47.0 Å². The first-order valence-corrected chi connectivity index (χ1v) is 7.50. The molecule has 0 heterocycles. The number of hydrogen-bond acceptors (Lipinski definition) is 4. The third-order valence-electron chi connectivity index (χ3n) is 3.76. The van der Waals surface area contributed by atoms with Gasteiger partial charge in [0.25, 0.3) is 0 Å². The van der Waals surface area contributed by atoms with Crippen LogP contribution < -0.4 is 5.32 Å². The Morgan fingerprint density at radius 1 is 1.47 bits per heavy atom. The van der Waals surface area contributed by atoms with Gasteiger partial charge in [0.2, 0.25) is 0 Å². The van der Waals surface area contributed by atoms with Crippen molar-refractivity contribution in [1.82, 2.24) is 10.2 Å². The molecule has 1 aliphatic rings. The minimum Gasteiger partial charge on any atom is -0.468 e. The molecule has 0 aliphatic heterocycles. The van der Waals surface area contributed by atoms with Gasteiger partial charge >= 0.3 is 5.97 Å². The number of nitrogens with one attached hydrogen (secondary N) is 1. The normalized spacial score (nSPS) is 18.7. The first-order chi connectivity index (χ1) is 8.92. The molecule has 0 spiro atoms. The van der Waals surface area contributed by atoms with E-state index in [1.165, 1.54) is 20.0 Å². The maximum atomic E-state index is 11.9. The van der Waals surface area contributed by atoms with E-state index in [1.54, 1.807) is 0 Å². The molecule has 1 saturated carbocycles. The van der Waals surface area contributed by atoms with Gasteiger partial charge < -0.3 is 15.0 Å². The minimum absolute atomic E-state index is 0.158.